The number of benzene rings is 2. The third-order valence-electron chi connectivity index (χ3n) is 3.71. The molecule has 0 heterocycles. The predicted octanol–water partition coefficient (Wildman–Crippen LogP) is 3.40. The maximum Gasteiger partial charge on any atom is 0.387 e. The van der Waals surface area contributed by atoms with Crippen molar-refractivity contribution in [3.05, 3.63) is 54.1 Å². The van der Waals surface area contributed by atoms with E-state index in [1.54, 1.807) is 31.2 Å². The van der Waals surface area contributed by atoms with Crippen LogP contribution in [0.3, 0.4) is 0 Å². The predicted molar refractivity (Wildman–Crippen MR) is 96.3 cm³/mol. The van der Waals surface area contributed by atoms with Crippen molar-refractivity contribution in [2.45, 2.75) is 13.5 Å². The molecule has 27 heavy (non-hydrogen) atoms. The van der Waals surface area contributed by atoms with Crippen LogP contribution in [0.15, 0.2) is 48.5 Å². The van der Waals surface area contributed by atoms with Crippen LogP contribution in [0.25, 0.3) is 0 Å². The molecule has 2 aromatic carbocycles. The Balaban J connectivity index is 2.03. The zero-order valence-electron chi connectivity index (χ0n) is 14.9. The van der Waals surface area contributed by atoms with Crippen LogP contribution in [-0.4, -0.2) is 43.5 Å². The number of hydrogen-bond acceptors (Lipinski definition) is 4. The number of carbonyl (C=O) groups is 2. The van der Waals surface area contributed by atoms with E-state index in [0.29, 0.717) is 18.0 Å². The van der Waals surface area contributed by atoms with Crippen molar-refractivity contribution in [3.8, 4) is 11.5 Å². The first kappa shape index (κ1) is 20.2. The Hall–Kier alpha value is -3.16. The van der Waals surface area contributed by atoms with Crippen LogP contribution in [0.5, 0.6) is 11.5 Å². The number of amides is 2. The van der Waals surface area contributed by atoms with Crippen molar-refractivity contribution in [3.63, 3.8) is 0 Å². The number of alkyl halides is 2. The number of para-hydroxylation sites is 2. The number of carbonyl (C=O) groups excluding carboxylic acids is 2. The van der Waals surface area contributed by atoms with Gasteiger partial charge in [-0.1, -0.05) is 12.1 Å². The monoisotopic (exact) mass is 378 g/mol. The molecule has 8 heteroatoms. The number of ether oxygens (including phenoxy) is 2. The smallest absolute Gasteiger partial charge is 0.387 e. The molecule has 0 bridgehead atoms. The zero-order chi connectivity index (χ0) is 19.8. The van der Waals surface area contributed by atoms with Gasteiger partial charge in [-0.3, -0.25) is 9.59 Å². The minimum Gasteiger partial charge on any atom is -0.495 e. The van der Waals surface area contributed by atoms with E-state index in [2.05, 4.69) is 10.1 Å². The summed E-state index contributed by atoms with van der Waals surface area (Å²) in [6.07, 6.45) is 0. The molecular formula is C19H20F2N2O4. The number of anilines is 1. The fourth-order valence-corrected chi connectivity index (χ4v) is 2.40. The van der Waals surface area contributed by atoms with Crippen LogP contribution in [0, 0.1) is 0 Å². The van der Waals surface area contributed by atoms with Crippen molar-refractivity contribution in [1.82, 2.24) is 4.90 Å². The Bertz CT molecular complexity index is 782. The van der Waals surface area contributed by atoms with E-state index < -0.39 is 12.5 Å². The highest BCUT2D eigenvalue weighted by Gasteiger charge is 2.18. The van der Waals surface area contributed by atoms with E-state index >= 15 is 0 Å². The summed E-state index contributed by atoms with van der Waals surface area (Å²) in [7, 11) is 1.49. The van der Waals surface area contributed by atoms with Gasteiger partial charge in [0.15, 0.2) is 0 Å². The molecule has 0 unspecified atom stereocenters. The number of halogens is 2. The molecule has 0 fully saturated rings. The summed E-state index contributed by atoms with van der Waals surface area (Å²) in [6, 6.07) is 12.2. The Morgan fingerprint density at radius 1 is 1.11 bits per heavy atom. The molecule has 0 aliphatic rings. The fourth-order valence-electron chi connectivity index (χ4n) is 2.40. The van der Waals surface area contributed by atoms with E-state index in [4.69, 9.17) is 4.74 Å². The molecule has 0 atom stereocenters. The Labute approximate surface area is 155 Å². The first-order valence-corrected chi connectivity index (χ1v) is 8.21. The molecule has 0 aliphatic carbocycles. The van der Waals surface area contributed by atoms with Crippen molar-refractivity contribution < 1.29 is 27.8 Å². The van der Waals surface area contributed by atoms with Gasteiger partial charge < -0.3 is 19.7 Å². The molecule has 144 valence electrons. The molecule has 0 saturated heterocycles. The largest absolute Gasteiger partial charge is 0.495 e. The summed E-state index contributed by atoms with van der Waals surface area (Å²) in [5.41, 5.74) is 0.769. The fraction of sp³-hybridized carbons (Fsp3) is 0.263. The lowest BCUT2D eigenvalue weighted by Gasteiger charge is -2.21. The molecule has 2 rings (SSSR count). The van der Waals surface area contributed by atoms with Crippen LogP contribution in [0.2, 0.25) is 0 Å². The summed E-state index contributed by atoms with van der Waals surface area (Å²) in [4.78, 5) is 26.2. The van der Waals surface area contributed by atoms with Gasteiger partial charge in [-0.25, -0.2) is 0 Å². The van der Waals surface area contributed by atoms with E-state index in [0.717, 1.165) is 0 Å². The average Bonchev–Trinajstić information content (AvgIpc) is 2.66. The van der Waals surface area contributed by atoms with Crippen molar-refractivity contribution >= 4 is 17.5 Å². The number of nitrogens with one attached hydrogen (secondary N) is 1. The molecule has 2 aromatic rings. The summed E-state index contributed by atoms with van der Waals surface area (Å²) in [5.74, 6) is -0.308. The lowest BCUT2D eigenvalue weighted by atomic mass is 10.2. The van der Waals surface area contributed by atoms with Gasteiger partial charge in [-0.05, 0) is 43.3 Å². The lowest BCUT2D eigenvalue weighted by molar-refractivity contribution is -0.116. The number of rotatable bonds is 8. The van der Waals surface area contributed by atoms with Crippen molar-refractivity contribution in [2.24, 2.45) is 0 Å². The topological polar surface area (TPSA) is 67.9 Å². The van der Waals surface area contributed by atoms with Crippen LogP contribution < -0.4 is 14.8 Å². The molecule has 0 saturated carbocycles. The van der Waals surface area contributed by atoms with Gasteiger partial charge in [0.1, 0.15) is 18.0 Å². The van der Waals surface area contributed by atoms with Crippen LogP contribution in [0.1, 0.15) is 17.3 Å². The second kappa shape index (κ2) is 9.51. The normalized spacial score (nSPS) is 10.4. The standard InChI is InChI=1S/C19H20F2N2O4/c1-3-23(12-17(24)22-15-6-4-5-7-16(15)26-2)18(25)13-8-10-14(11-9-13)27-19(20)21/h4-11,19H,3,12H2,1-2H3,(H,22,24). The van der Waals surface area contributed by atoms with Gasteiger partial charge in [0, 0.05) is 12.1 Å². The molecule has 6 nitrogen and oxygen atoms in total. The minimum atomic E-state index is -2.93. The zero-order valence-corrected chi connectivity index (χ0v) is 14.9. The molecule has 0 aromatic heterocycles. The number of likely N-dealkylation sites (N-methyl/N-ethyl adjacent to an activating group) is 1. The summed E-state index contributed by atoms with van der Waals surface area (Å²) in [5, 5.41) is 2.70. The molecule has 0 aliphatic heterocycles. The minimum absolute atomic E-state index is 0.0430. The second-order valence-electron chi connectivity index (χ2n) is 5.47. The van der Waals surface area contributed by atoms with E-state index in [9.17, 15) is 18.4 Å². The van der Waals surface area contributed by atoms with Crippen LogP contribution in [0.4, 0.5) is 14.5 Å². The first-order valence-electron chi connectivity index (χ1n) is 8.21. The third-order valence-corrected chi connectivity index (χ3v) is 3.71. The molecular weight excluding hydrogens is 358 g/mol. The second-order valence-corrected chi connectivity index (χ2v) is 5.47. The van der Waals surface area contributed by atoms with Crippen LogP contribution in [-0.2, 0) is 4.79 Å². The highest BCUT2D eigenvalue weighted by molar-refractivity contribution is 5.99. The number of hydrogen-bond donors (Lipinski definition) is 1. The van der Waals surface area contributed by atoms with Crippen LogP contribution >= 0.6 is 0 Å². The van der Waals surface area contributed by atoms with E-state index in [-0.39, 0.29) is 23.8 Å². The van der Waals surface area contributed by atoms with E-state index in [1.807, 2.05) is 0 Å². The van der Waals surface area contributed by atoms with Crippen molar-refractivity contribution in [1.29, 1.82) is 0 Å². The lowest BCUT2D eigenvalue weighted by Crippen LogP contribution is -2.37. The molecule has 0 radical (unpaired) electrons. The van der Waals surface area contributed by atoms with Gasteiger partial charge in [-0.2, -0.15) is 8.78 Å². The van der Waals surface area contributed by atoms with Gasteiger partial charge >= 0.3 is 6.61 Å². The maximum absolute atomic E-state index is 12.6. The first-order chi connectivity index (χ1) is 12.9. The van der Waals surface area contributed by atoms with Gasteiger partial charge in [0.2, 0.25) is 5.91 Å². The molecule has 2 amide bonds. The third kappa shape index (κ3) is 5.67. The highest BCUT2D eigenvalue weighted by atomic mass is 19.3. The number of nitrogens with zero attached hydrogens (tertiary/aromatic N) is 1. The van der Waals surface area contributed by atoms with Gasteiger partial charge in [0.25, 0.3) is 5.91 Å². The van der Waals surface area contributed by atoms with Gasteiger partial charge in [-0.15, -0.1) is 0 Å². The SMILES string of the molecule is CCN(CC(=O)Nc1ccccc1OC)C(=O)c1ccc(OC(F)F)cc1. The maximum atomic E-state index is 12.6. The highest BCUT2D eigenvalue weighted by Crippen LogP contribution is 2.23. The van der Waals surface area contributed by atoms with E-state index in [1.165, 1.54) is 36.3 Å². The van der Waals surface area contributed by atoms with Gasteiger partial charge in [0.05, 0.1) is 12.8 Å². The Morgan fingerprint density at radius 3 is 2.37 bits per heavy atom. The van der Waals surface area contributed by atoms with Crippen molar-refractivity contribution in [2.75, 3.05) is 25.5 Å². The Morgan fingerprint density at radius 2 is 1.78 bits per heavy atom. The Kier molecular flexibility index (Phi) is 7.10. The summed E-state index contributed by atoms with van der Waals surface area (Å²) < 4.78 is 33.8. The quantitative estimate of drug-likeness (QED) is 0.765. The molecule has 1 N–H and O–H groups in total. The number of methoxy groups -OCH3 is 1. The molecule has 0 spiro atoms. The average molecular weight is 378 g/mol. The summed E-state index contributed by atoms with van der Waals surface area (Å²) >= 11 is 0. The summed E-state index contributed by atoms with van der Waals surface area (Å²) in [6.45, 7) is -1.06.